The van der Waals surface area contributed by atoms with E-state index < -0.39 is 0 Å². The van der Waals surface area contributed by atoms with Crippen molar-refractivity contribution in [2.24, 2.45) is 0 Å². The Kier molecular flexibility index (Phi) is 5.21. The number of ether oxygens (including phenoxy) is 1. The minimum Gasteiger partial charge on any atom is -0.393 e. The van der Waals surface area contributed by atoms with Crippen molar-refractivity contribution in [2.75, 3.05) is 6.61 Å². The molecule has 2 heteroatoms. The van der Waals surface area contributed by atoms with Gasteiger partial charge in [0.2, 0.25) is 0 Å². The SMILES string of the molecule is Cc1ccccc1CCC(O)CCC1CCCO1. The Hall–Kier alpha value is -0.860. The van der Waals surface area contributed by atoms with Crippen LogP contribution in [0.2, 0.25) is 0 Å². The number of aryl methyl sites for hydroxylation is 2. The lowest BCUT2D eigenvalue weighted by atomic mass is 9.99. The first-order valence-electron chi connectivity index (χ1n) is 7.10. The Morgan fingerprint density at radius 1 is 1.33 bits per heavy atom. The molecule has 0 bridgehead atoms. The fraction of sp³-hybridized carbons (Fsp3) is 0.625. The highest BCUT2D eigenvalue weighted by Crippen LogP contribution is 2.19. The van der Waals surface area contributed by atoms with Gasteiger partial charge < -0.3 is 9.84 Å². The summed E-state index contributed by atoms with van der Waals surface area (Å²) < 4.78 is 5.57. The molecule has 2 atom stereocenters. The third-order valence-electron chi connectivity index (χ3n) is 3.85. The zero-order valence-electron chi connectivity index (χ0n) is 11.3. The first-order chi connectivity index (χ1) is 8.75. The zero-order valence-corrected chi connectivity index (χ0v) is 11.3. The van der Waals surface area contributed by atoms with E-state index in [1.54, 1.807) is 0 Å². The van der Waals surface area contributed by atoms with Gasteiger partial charge in [0.25, 0.3) is 0 Å². The fourth-order valence-corrected chi connectivity index (χ4v) is 2.61. The molecule has 1 saturated heterocycles. The van der Waals surface area contributed by atoms with Crippen LogP contribution in [0, 0.1) is 6.92 Å². The molecule has 0 spiro atoms. The highest BCUT2D eigenvalue weighted by Gasteiger charge is 2.16. The van der Waals surface area contributed by atoms with E-state index in [2.05, 4.69) is 31.2 Å². The molecule has 1 aliphatic heterocycles. The molecule has 2 rings (SSSR count). The summed E-state index contributed by atoms with van der Waals surface area (Å²) in [4.78, 5) is 0. The Labute approximate surface area is 110 Å². The molecule has 0 aliphatic carbocycles. The maximum atomic E-state index is 10.0. The molecule has 0 amide bonds. The lowest BCUT2D eigenvalue weighted by Gasteiger charge is -2.14. The topological polar surface area (TPSA) is 29.5 Å². The van der Waals surface area contributed by atoms with Crippen LogP contribution in [0.1, 0.15) is 43.2 Å². The Morgan fingerprint density at radius 2 is 2.17 bits per heavy atom. The van der Waals surface area contributed by atoms with Gasteiger partial charge in [0, 0.05) is 6.61 Å². The second-order valence-corrected chi connectivity index (χ2v) is 5.33. The van der Waals surface area contributed by atoms with Gasteiger partial charge in [-0.15, -0.1) is 0 Å². The summed E-state index contributed by atoms with van der Waals surface area (Å²) in [5.41, 5.74) is 2.68. The van der Waals surface area contributed by atoms with Gasteiger partial charge in [-0.1, -0.05) is 24.3 Å². The number of benzene rings is 1. The molecule has 1 fully saturated rings. The summed E-state index contributed by atoms with van der Waals surface area (Å²) in [6, 6.07) is 8.42. The summed E-state index contributed by atoms with van der Waals surface area (Å²) in [6.45, 7) is 3.04. The van der Waals surface area contributed by atoms with E-state index in [4.69, 9.17) is 4.74 Å². The van der Waals surface area contributed by atoms with E-state index in [0.717, 1.165) is 32.3 Å². The summed E-state index contributed by atoms with van der Waals surface area (Å²) >= 11 is 0. The first kappa shape index (κ1) is 13.6. The van der Waals surface area contributed by atoms with Crippen molar-refractivity contribution in [3.05, 3.63) is 35.4 Å². The molecule has 1 N–H and O–H groups in total. The largest absolute Gasteiger partial charge is 0.393 e. The number of rotatable bonds is 6. The Balaban J connectivity index is 1.68. The van der Waals surface area contributed by atoms with E-state index in [1.807, 2.05) is 0 Å². The Morgan fingerprint density at radius 3 is 2.89 bits per heavy atom. The molecule has 2 unspecified atom stereocenters. The van der Waals surface area contributed by atoms with Crippen molar-refractivity contribution in [3.8, 4) is 0 Å². The third kappa shape index (κ3) is 4.11. The van der Waals surface area contributed by atoms with E-state index in [-0.39, 0.29) is 6.10 Å². The van der Waals surface area contributed by atoms with Crippen LogP contribution in [0.3, 0.4) is 0 Å². The zero-order chi connectivity index (χ0) is 12.8. The van der Waals surface area contributed by atoms with Crippen molar-refractivity contribution in [2.45, 2.75) is 57.7 Å². The maximum absolute atomic E-state index is 10.0. The Bertz CT molecular complexity index is 356. The van der Waals surface area contributed by atoms with Gasteiger partial charge in [-0.3, -0.25) is 0 Å². The van der Waals surface area contributed by atoms with Crippen molar-refractivity contribution in [3.63, 3.8) is 0 Å². The van der Waals surface area contributed by atoms with Gasteiger partial charge in [-0.25, -0.2) is 0 Å². The van der Waals surface area contributed by atoms with E-state index in [0.29, 0.717) is 6.10 Å². The van der Waals surface area contributed by atoms with Crippen LogP contribution in [0.4, 0.5) is 0 Å². The predicted molar refractivity (Wildman–Crippen MR) is 73.7 cm³/mol. The van der Waals surface area contributed by atoms with Crippen molar-refractivity contribution < 1.29 is 9.84 Å². The molecule has 1 aromatic rings. The molecule has 0 saturated carbocycles. The second kappa shape index (κ2) is 6.91. The third-order valence-corrected chi connectivity index (χ3v) is 3.85. The van der Waals surface area contributed by atoms with Crippen LogP contribution < -0.4 is 0 Å². The minimum atomic E-state index is -0.186. The van der Waals surface area contributed by atoms with Gasteiger partial charge in [-0.05, 0) is 56.6 Å². The van der Waals surface area contributed by atoms with Gasteiger partial charge in [0.15, 0.2) is 0 Å². The second-order valence-electron chi connectivity index (χ2n) is 5.33. The predicted octanol–water partition coefficient (Wildman–Crippen LogP) is 3.25. The molecule has 0 aromatic heterocycles. The van der Waals surface area contributed by atoms with Crippen molar-refractivity contribution in [1.29, 1.82) is 0 Å². The van der Waals surface area contributed by atoms with E-state index in [9.17, 15) is 5.11 Å². The molecular formula is C16H24O2. The highest BCUT2D eigenvalue weighted by molar-refractivity contribution is 5.25. The normalized spacial score (nSPS) is 21.1. The van der Waals surface area contributed by atoms with Gasteiger partial charge >= 0.3 is 0 Å². The molecule has 1 aromatic carbocycles. The van der Waals surface area contributed by atoms with Crippen LogP contribution in [0.25, 0.3) is 0 Å². The molecular weight excluding hydrogens is 224 g/mol. The first-order valence-corrected chi connectivity index (χ1v) is 7.10. The van der Waals surface area contributed by atoms with E-state index >= 15 is 0 Å². The molecule has 0 radical (unpaired) electrons. The van der Waals surface area contributed by atoms with Crippen LogP contribution in [0.5, 0.6) is 0 Å². The van der Waals surface area contributed by atoms with Crippen LogP contribution in [-0.2, 0) is 11.2 Å². The van der Waals surface area contributed by atoms with E-state index in [1.165, 1.54) is 24.0 Å². The lowest BCUT2D eigenvalue weighted by Crippen LogP contribution is -2.13. The molecule has 2 nitrogen and oxygen atoms in total. The monoisotopic (exact) mass is 248 g/mol. The lowest BCUT2D eigenvalue weighted by molar-refractivity contribution is 0.0790. The van der Waals surface area contributed by atoms with Gasteiger partial charge in [0.1, 0.15) is 0 Å². The van der Waals surface area contributed by atoms with Gasteiger partial charge in [-0.2, -0.15) is 0 Å². The molecule has 18 heavy (non-hydrogen) atoms. The number of aliphatic hydroxyl groups is 1. The maximum Gasteiger partial charge on any atom is 0.0577 e. The fourth-order valence-electron chi connectivity index (χ4n) is 2.61. The smallest absolute Gasteiger partial charge is 0.0577 e. The average Bonchev–Trinajstić information content (AvgIpc) is 2.88. The number of hydrogen-bond acceptors (Lipinski definition) is 2. The van der Waals surface area contributed by atoms with Crippen molar-refractivity contribution in [1.82, 2.24) is 0 Å². The number of aliphatic hydroxyl groups excluding tert-OH is 1. The quantitative estimate of drug-likeness (QED) is 0.837. The summed E-state index contributed by atoms with van der Waals surface area (Å²) in [7, 11) is 0. The van der Waals surface area contributed by atoms with Crippen molar-refractivity contribution >= 4 is 0 Å². The van der Waals surface area contributed by atoms with Crippen LogP contribution in [-0.4, -0.2) is 23.9 Å². The average molecular weight is 248 g/mol. The molecule has 100 valence electrons. The molecule has 1 heterocycles. The summed E-state index contributed by atoms with van der Waals surface area (Å²) in [5, 5.41) is 10.0. The standard InChI is InChI=1S/C16H24O2/c1-13-5-2-3-6-14(13)8-9-15(17)10-11-16-7-4-12-18-16/h2-3,5-6,15-17H,4,7-12H2,1H3. The van der Waals surface area contributed by atoms with Crippen LogP contribution in [0.15, 0.2) is 24.3 Å². The number of hydrogen-bond donors (Lipinski definition) is 1. The summed E-state index contributed by atoms with van der Waals surface area (Å²) in [6.07, 6.45) is 6.28. The summed E-state index contributed by atoms with van der Waals surface area (Å²) in [5.74, 6) is 0. The minimum absolute atomic E-state index is 0.186. The van der Waals surface area contributed by atoms with Gasteiger partial charge in [0.05, 0.1) is 12.2 Å². The van der Waals surface area contributed by atoms with Crippen LogP contribution >= 0.6 is 0 Å². The molecule has 1 aliphatic rings. The highest BCUT2D eigenvalue weighted by atomic mass is 16.5.